The van der Waals surface area contributed by atoms with Crippen molar-refractivity contribution in [3.05, 3.63) is 29.8 Å². The van der Waals surface area contributed by atoms with E-state index in [9.17, 15) is 0 Å². The van der Waals surface area contributed by atoms with Gasteiger partial charge in [-0.05, 0) is 49.9 Å². The lowest BCUT2D eigenvalue weighted by molar-refractivity contribution is 0.311. The van der Waals surface area contributed by atoms with Gasteiger partial charge in [-0.2, -0.15) is 0 Å². The molecule has 0 bridgehead atoms. The molecule has 9 nitrogen and oxygen atoms in total. The molecule has 0 spiro atoms. The van der Waals surface area contributed by atoms with Crippen LogP contribution in [0.25, 0.3) is 0 Å². The highest BCUT2D eigenvalue weighted by atomic mass is 16.5. The molecule has 1 aromatic rings. The average Bonchev–Trinajstić information content (AvgIpc) is 2.60. The van der Waals surface area contributed by atoms with Crippen LogP contribution < -0.4 is 32.2 Å². The van der Waals surface area contributed by atoms with Gasteiger partial charge < -0.3 is 32.2 Å². The molecule has 1 aromatic carbocycles. The number of nitrogen functional groups attached to an aromatic ring is 1. The van der Waals surface area contributed by atoms with Crippen LogP contribution in [-0.4, -0.2) is 44.0 Å². The summed E-state index contributed by atoms with van der Waals surface area (Å²) in [6, 6.07) is 7.09. The van der Waals surface area contributed by atoms with Crippen LogP contribution in [0, 0.1) is 16.2 Å². The number of benzene rings is 1. The van der Waals surface area contributed by atoms with E-state index in [1.807, 2.05) is 0 Å². The highest BCUT2D eigenvalue weighted by molar-refractivity contribution is 5.94. The Morgan fingerprint density at radius 1 is 0.808 bits per heavy atom. The number of unbranched alkanes of at least 4 members (excludes halogenated alkanes) is 2. The minimum absolute atomic E-state index is 0.00570. The van der Waals surface area contributed by atoms with Crippen molar-refractivity contribution in [3.63, 3.8) is 0 Å². The Morgan fingerprint density at radius 2 is 1.38 bits per heavy atom. The third kappa shape index (κ3) is 10.0. The van der Waals surface area contributed by atoms with Gasteiger partial charge in [0.1, 0.15) is 11.6 Å². The van der Waals surface area contributed by atoms with Crippen molar-refractivity contribution in [2.24, 2.45) is 11.5 Å². The molecule has 0 heterocycles. The van der Waals surface area contributed by atoms with Crippen LogP contribution in [0.3, 0.4) is 0 Å². The molecule has 1 rings (SSSR count). The summed E-state index contributed by atoms with van der Waals surface area (Å²) in [4.78, 5) is 0. The number of guanidine groups is 2. The summed E-state index contributed by atoms with van der Waals surface area (Å²) in [7, 11) is 0. The first kappa shape index (κ1) is 21.1. The van der Waals surface area contributed by atoms with E-state index in [4.69, 9.17) is 32.4 Å². The number of ether oxygens (including phenoxy) is 1. The van der Waals surface area contributed by atoms with Crippen molar-refractivity contribution in [1.82, 2.24) is 16.0 Å². The molecule has 0 atom stereocenters. The Morgan fingerprint density at radius 3 is 1.96 bits per heavy atom. The van der Waals surface area contributed by atoms with E-state index < -0.39 is 0 Å². The molecule has 0 fully saturated rings. The second-order valence-electron chi connectivity index (χ2n) is 5.77. The molecule has 0 aliphatic heterocycles. The number of nitrogens with two attached hydrogens (primary N) is 2. The average molecular weight is 362 g/mol. The zero-order valence-corrected chi connectivity index (χ0v) is 15.0. The second kappa shape index (κ2) is 12.4. The maximum atomic E-state index is 7.77. The van der Waals surface area contributed by atoms with Gasteiger partial charge in [0, 0.05) is 25.2 Å². The second-order valence-corrected chi connectivity index (χ2v) is 5.77. The summed E-state index contributed by atoms with van der Waals surface area (Å²) < 4.78 is 5.60. The molecule has 0 saturated heterocycles. The van der Waals surface area contributed by atoms with Crippen LogP contribution in [0.4, 0.5) is 0 Å². The maximum Gasteiger partial charge on any atom is 0.188 e. The standard InChI is InChI=1S/C17H30N8O/c18-15(19)13-5-7-14(8-6-13)26-12-4-11-25-17(22)24-10-3-1-2-9-23-16(20)21/h5-8H,1-4,9-12H2,(H3,18,19)(H4,20,21,23)(H3,22,24,25). The minimum atomic E-state index is 0.00570. The van der Waals surface area contributed by atoms with E-state index in [0.29, 0.717) is 31.2 Å². The van der Waals surface area contributed by atoms with Crippen LogP contribution in [0.15, 0.2) is 24.3 Å². The monoisotopic (exact) mass is 362 g/mol. The first-order valence-electron chi connectivity index (χ1n) is 8.70. The molecule has 9 heteroatoms. The van der Waals surface area contributed by atoms with E-state index >= 15 is 0 Å². The summed E-state index contributed by atoms with van der Waals surface area (Å²) in [5, 5.41) is 30.9. The molecular weight excluding hydrogens is 332 g/mol. The lowest BCUT2D eigenvalue weighted by Crippen LogP contribution is -2.37. The molecule has 0 aromatic heterocycles. The lowest BCUT2D eigenvalue weighted by atomic mass is 10.2. The van der Waals surface area contributed by atoms with Gasteiger partial charge in [0.25, 0.3) is 0 Å². The summed E-state index contributed by atoms with van der Waals surface area (Å²) >= 11 is 0. The summed E-state index contributed by atoms with van der Waals surface area (Å²) in [6.07, 6.45) is 3.70. The van der Waals surface area contributed by atoms with Crippen LogP contribution in [0.2, 0.25) is 0 Å². The van der Waals surface area contributed by atoms with E-state index in [1.165, 1.54) is 0 Å². The Hall–Kier alpha value is -2.97. The van der Waals surface area contributed by atoms with Gasteiger partial charge in [-0.25, -0.2) is 0 Å². The molecule has 0 aliphatic rings. The van der Waals surface area contributed by atoms with Gasteiger partial charge in [-0.1, -0.05) is 0 Å². The zero-order chi connectivity index (χ0) is 19.2. The first-order chi connectivity index (χ1) is 12.5. The number of amidine groups is 1. The molecular formula is C17H30N8O. The molecule has 10 N–H and O–H groups in total. The topological polar surface area (TPSA) is 169 Å². The van der Waals surface area contributed by atoms with E-state index in [2.05, 4.69) is 16.0 Å². The van der Waals surface area contributed by atoms with Gasteiger partial charge in [0.2, 0.25) is 0 Å². The van der Waals surface area contributed by atoms with Crippen LogP contribution in [0.5, 0.6) is 5.75 Å². The van der Waals surface area contributed by atoms with Crippen LogP contribution in [0.1, 0.15) is 31.2 Å². The number of hydrogen-bond donors (Lipinski definition) is 8. The Labute approximate surface area is 154 Å². The quantitative estimate of drug-likeness (QED) is 0.153. The molecule has 26 heavy (non-hydrogen) atoms. The third-order valence-electron chi connectivity index (χ3n) is 3.53. The van der Waals surface area contributed by atoms with Crippen molar-refractivity contribution in [1.29, 1.82) is 16.2 Å². The van der Waals surface area contributed by atoms with Gasteiger partial charge in [-0.3, -0.25) is 16.2 Å². The van der Waals surface area contributed by atoms with Crippen molar-refractivity contribution in [2.45, 2.75) is 25.7 Å². The number of hydrogen-bond acceptors (Lipinski definition) is 4. The van der Waals surface area contributed by atoms with E-state index in [1.54, 1.807) is 24.3 Å². The molecule has 0 saturated carbocycles. The fourth-order valence-electron chi connectivity index (χ4n) is 2.13. The number of nitrogens with one attached hydrogen (secondary N) is 6. The fraction of sp³-hybridized carbons (Fsp3) is 0.471. The predicted octanol–water partition coefficient (Wildman–Crippen LogP) is 0.507. The van der Waals surface area contributed by atoms with Crippen molar-refractivity contribution >= 4 is 17.8 Å². The normalized spacial score (nSPS) is 10.0. The van der Waals surface area contributed by atoms with Crippen molar-refractivity contribution in [3.8, 4) is 5.75 Å². The molecule has 0 aliphatic carbocycles. The summed E-state index contributed by atoms with van der Waals surface area (Å²) in [5.41, 5.74) is 11.3. The fourth-order valence-corrected chi connectivity index (χ4v) is 2.13. The summed E-state index contributed by atoms with van der Waals surface area (Å²) in [5.74, 6) is 1.10. The van der Waals surface area contributed by atoms with Crippen molar-refractivity contribution in [2.75, 3.05) is 26.2 Å². The third-order valence-corrected chi connectivity index (χ3v) is 3.53. The molecule has 0 radical (unpaired) electrons. The van der Waals surface area contributed by atoms with Crippen LogP contribution >= 0.6 is 0 Å². The smallest absolute Gasteiger partial charge is 0.188 e. The van der Waals surface area contributed by atoms with E-state index in [-0.39, 0.29) is 11.8 Å². The Bertz CT molecular complexity index is 573. The Kier molecular flexibility index (Phi) is 10.1. The van der Waals surface area contributed by atoms with Gasteiger partial charge in [0.15, 0.2) is 11.9 Å². The predicted molar refractivity (Wildman–Crippen MR) is 105 cm³/mol. The largest absolute Gasteiger partial charge is 0.494 e. The van der Waals surface area contributed by atoms with Gasteiger partial charge in [-0.15, -0.1) is 0 Å². The highest BCUT2D eigenvalue weighted by Crippen LogP contribution is 2.11. The van der Waals surface area contributed by atoms with Gasteiger partial charge in [0.05, 0.1) is 6.61 Å². The van der Waals surface area contributed by atoms with Crippen LogP contribution in [-0.2, 0) is 0 Å². The summed E-state index contributed by atoms with van der Waals surface area (Å²) in [6.45, 7) is 2.65. The van der Waals surface area contributed by atoms with E-state index in [0.717, 1.165) is 38.0 Å². The highest BCUT2D eigenvalue weighted by Gasteiger charge is 1.99. The molecule has 0 unspecified atom stereocenters. The van der Waals surface area contributed by atoms with Gasteiger partial charge >= 0.3 is 0 Å². The number of rotatable bonds is 12. The lowest BCUT2D eigenvalue weighted by Gasteiger charge is -2.11. The first-order valence-corrected chi connectivity index (χ1v) is 8.70. The Balaban J connectivity index is 1.97. The SMILES string of the molecule is N=C(N)NCCCCCNC(=N)NCCCOc1ccc(C(=N)N)cc1. The maximum absolute atomic E-state index is 7.77. The minimum Gasteiger partial charge on any atom is -0.494 e. The molecule has 0 amide bonds. The zero-order valence-electron chi connectivity index (χ0n) is 15.0. The molecule has 144 valence electrons. The van der Waals surface area contributed by atoms with Crippen molar-refractivity contribution < 1.29 is 4.74 Å².